The number of hydrogen-bond donors (Lipinski definition) is 0. The molecule has 0 aliphatic heterocycles. The molecule has 0 N–H and O–H groups in total. The van der Waals surface area contributed by atoms with Crippen LogP contribution in [0.4, 0.5) is 0 Å². The highest BCUT2D eigenvalue weighted by Crippen LogP contribution is 2.02. The lowest BCUT2D eigenvalue weighted by molar-refractivity contribution is -0.516. The smallest absolute Gasteiger partial charge is 0.185 e. The highest BCUT2D eigenvalue weighted by atomic mass is 17.2. The van der Waals surface area contributed by atoms with Crippen LogP contribution in [0.5, 0.6) is 0 Å². The van der Waals surface area contributed by atoms with Crippen molar-refractivity contribution in [3.05, 3.63) is 36.5 Å². The Hall–Kier alpha value is -1.93. The summed E-state index contributed by atoms with van der Waals surface area (Å²) in [5.74, 6) is -1.14. The zero-order valence-corrected chi connectivity index (χ0v) is 13.1. The van der Waals surface area contributed by atoms with Gasteiger partial charge in [-0.1, -0.05) is 19.7 Å². The standard InChI is InChI=1S/C15H21NO6/c1-10(2)13(17)7-20-16(21-8-14(18)11(3)4)22-9-15(19)12(5)6/h1,3,5,7-9H2,2,4,6H3. The zero-order chi connectivity index (χ0) is 17.3. The van der Waals surface area contributed by atoms with Gasteiger partial charge in [0.25, 0.3) is 0 Å². The van der Waals surface area contributed by atoms with E-state index in [-0.39, 0.29) is 34.1 Å². The van der Waals surface area contributed by atoms with E-state index in [1.807, 2.05) is 0 Å². The molecule has 0 radical (unpaired) electrons. The minimum Gasteiger partial charge on any atom is -0.292 e. The summed E-state index contributed by atoms with van der Waals surface area (Å²) in [6.45, 7) is 13.7. The molecule has 0 unspecified atom stereocenters. The zero-order valence-electron chi connectivity index (χ0n) is 13.1. The number of carbonyl (C=O) groups excluding carboxylic acids is 3. The topological polar surface area (TPSA) is 82.1 Å². The van der Waals surface area contributed by atoms with Crippen molar-refractivity contribution < 1.29 is 28.9 Å². The van der Waals surface area contributed by atoms with E-state index < -0.39 is 19.8 Å². The highest BCUT2D eigenvalue weighted by molar-refractivity contribution is 5.96. The van der Waals surface area contributed by atoms with Crippen LogP contribution in [-0.4, -0.2) is 42.6 Å². The molecule has 0 amide bonds. The van der Waals surface area contributed by atoms with Crippen LogP contribution >= 0.6 is 0 Å². The summed E-state index contributed by atoms with van der Waals surface area (Å²) in [6, 6.07) is 0. The first-order valence-electron chi connectivity index (χ1n) is 6.40. The van der Waals surface area contributed by atoms with Gasteiger partial charge in [-0.3, -0.25) is 14.4 Å². The van der Waals surface area contributed by atoms with Crippen LogP contribution < -0.4 is 0 Å². The Kier molecular flexibility index (Phi) is 9.04. The molecule has 0 rings (SSSR count). The van der Waals surface area contributed by atoms with Gasteiger partial charge in [0, 0.05) is 0 Å². The molecule has 0 aromatic carbocycles. The molecule has 0 atom stereocenters. The van der Waals surface area contributed by atoms with Crippen molar-refractivity contribution in [3.63, 3.8) is 0 Å². The van der Waals surface area contributed by atoms with E-state index in [4.69, 9.17) is 14.5 Å². The lowest BCUT2D eigenvalue weighted by Gasteiger charge is -2.18. The molecular weight excluding hydrogens is 290 g/mol. The Balaban J connectivity index is 4.54. The number of Topliss-reactive ketones (excluding diaryl/α,β-unsaturated/α-hetero) is 3. The Morgan fingerprint density at radius 2 is 0.909 bits per heavy atom. The van der Waals surface area contributed by atoms with Gasteiger partial charge < -0.3 is 0 Å². The van der Waals surface area contributed by atoms with Gasteiger partial charge >= 0.3 is 0 Å². The summed E-state index contributed by atoms with van der Waals surface area (Å²) in [5, 5.41) is 0.461. The number of hydrogen-bond acceptors (Lipinski definition) is 7. The van der Waals surface area contributed by atoms with E-state index in [9.17, 15) is 14.4 Å². The fourth-order valence-electron chi connectivity index (χ4n) is 0.815. The van der Waals surface area contributed by atoms with Gasteiger partial charge in [-0.2, -0.15) is 0 Å². The van der Waals surface area contributed by atoms with Crippen molar-refractivity contribution in [3.8, 4) is 0 Å². The molecule has 122 valence electrons. The van der Waals surface area contributed by atoms with Gasteiger partial charge in [-0.25, -0.2) is 14.5 Å². The van der Waals surface area contributed by atoms with Crippen LogP contribution in [-0.2, 0) is 28.9 Å². The second-order valence-corrected chi connectivity index (χ2v) is 4.65. The molecule has 7 nitrogen and oxygen atoms in total. The number of nitrogens with zero attached hydrogens (tertiary/aromatic N) is 1. The number of ketones is 3. The third-order valence-electron chi connectivity index (χ3n) is 2.33. The average molecular weight is 311 g/mol. The van der Waals surface area contributed by atoms with Crippen LogP contribution in [0.3, 0.4) is 0 Å². The van der Waals surface area contributed by atoms with Crippen molar-refractivity contribution in [2.75, 3.05) is 19.8 Å². The highest BCUT2D eigenvalue weighted by Gasteiger charge is 2.16. The largest absolute Gasteiger partial charge is 0.292 e. The van der Waals surface area contributed by atoms with Crippen molar-refractivity contribution in [1.82, 2.24) is 5.39 Å². The fraction of sp³-hybridized carbons (Fsp3) is 0.400. The van der Waals surface area contributed by atoms with E-state index in [0.717, 1.165) is 0 Å². The summed E-state index contributed by atoms with van der Waals surface area (Å²) in [5.41, 5.74) is 0.864. The molecule has 0 aromatic heterocycles. The summed E-state index contributed by atoms with van der Waals surface area (Å²) >= 11 is 0. The second-order valence-electron chi connectivity index (χ2n) is 4.65. The second kappa shape index (κ2) is 9.91. The SMILES string of the molecule is C=C(C)C(=O)CON(OCC(=O)C(=C)C)OCC(=O)C(=C)C. The van der Waals surface area contributed by atoms with E-state index in [1.165, 1.54) is 20.8 Å². The molecule has 0 aliphatic carbocycles. The predicted octanol–water partition coefficient (Wildman–Crippen LogP) is 1.52. The van der Waals surface area contributed by atoms with Gasteiger partial charge in [0.1, 0.15) is 19.8 Å². The minimum absolute atomic E-state index is 0.288. The molecule has 0 saturated heterocycles. The monoisotopic (exact) mass is 311 g/mol. The molecule has 0 aliphatic rings. The molecule has 0 heterocycles. The molecule has 0 fully saturated rings. The van der Waals surface area contributed by atoms with Gasteiger partial charge in [0.15, 0.2) is 17.3 Å². The summed E-state index contributed by atoms with van der Waals surface area (Å²) in [4.78, 5) is 49.1. The minimum atomic E-state index is -0.405. The lowest BCUT2D eigenvalue weighted by atomic mass is 10.2. The fourth-order valence-corrected chi connectivity index (χ4v) is 0.815. The number of carbonyl (C=O) groups is 3. The van der Waals surface area contributed by atoms with Gasteiger partial charge in [0.2, 0.25) is 0 Å². The summed E-state index contributed by atoms with van der Waals surface area (Å²) < 4.78 is 0. The molecule has 0 bridgehead atoms. The maximum Gasteiger partial charge on any atom is 0.185 e. The van der Waals surface area contributed by atoms with E-state index >= 15 is 0 Å². The third kappa shape index (κ3) is 8.38. The van der Waals surface area contributed by atoms with Crippen LogP contribution in [0.25, 0.3) is 0 Å². The van der Waals surface area contributed by atoms with Gasteiger partial charge in [-0.05, 0) is 37.5 Å². The predicted molar refractivity (Wildman–Crippen MR) is 79.2 cm³/mol. The Morgan fingerprint density at radius 1 is 0.682 bits per heavy atom. The molecular formula is C15H21NO6. The first-order valence-corrected chi connectivity index (χ1v) is 6.40. The Labute approximate surface area is 129 Å². The van der Waals surface area contributed by atoms with Crippen molar-refractivity contribution in [2.24, 2.45) is 0 Å². The molecule has 0 spiro atoms. The Morgan fingerprint density at radius 3 is 1.09 bits per heavy atom. The van der Waals surface area contributed by atoms with Gasteiger partial charge in [0.05, 0.1) is 5.39 Å². The van der Waals surface area contributed by atoms with Crippen LogP contribution in [0.2, 0.25) is 0 Å². The quantitative estimate of drug-likeness (QED) is 0.399. The number of rotatable bonds is 12. The van der Waals surface area contributed by atoms with E-state index in [1.54, 1.807) is 0 Å². The first kappa shape index (κ1) is 20.1. The normalized spacial score (nSPS) is 10.4. The lowest BCUT2D eigenvalue weighted by Crippen LogP contribution is -2.32. The first-order chi connectivity index (χ1) is 10.1. The van der Waals surface area contributed by atoms with Crippen molar-refractivity contribution in [2.45, 2.75) is 20.8 Å². The van der Waals surface area contributed by atoms with Crippen LogP contribution in [0, 0.1) is 0 Å². The maximum absolute atomic E-state index is 11.4. The summed E-state index contributed by atoms with van der Waals surface area (Å²) in [7, 11) is 0. The molecule has 22 heavy (non-hydrogen) atoms. The molecule has 0 aromatic rings. The van der Waals surface area contributed by atoms with Gasteiger partial charge in [-0.15, -0.1) is 0 Å². The molecule has 0 saturated carbocycles. The van der Waals surface area contributed by atoms with Crippen LogP contribution in [0.1, 0.15) is 20.8 Å². The van der Waals surface area contributed by atoms with Crippen molar-refractivity contribution in [1.29, 1.82) is 0 Å². The molecule has 7 heteroatoms. The van der Waals surface area contributed by atoms with Crippen molar-refractivity contribution >= 4 is 17.3 Å². The average Bonchev–Trinajstić information content (AvgIpc) is 2.44. The third-order valence-corrected chi connectivity index (χ3v) is 2.33. The Bertz CT molecular complexity index is 423. The summed E-state index contributed by atoms with van der Waals surface area (Å²) in [6.07, 6.45) is 0. The maximum atomic E-state index is 11.4. The van der Waals surface area contributed by atoms with E-state index in [0.29, 0.717) is 5.39 Å². The van der Waals surface area contributed by atoms with E-state index in [2.05, 4.69) is 19.7 Å². The van der Waals surface area contributed by atoms with Crippen LogP contribution in [0.15, 0.2) is 36.5 Å².